The third-order valence-corrected chi connectivity index (χ3v) is 6.23. The summed E-state index contributed by atoms with van der Waals surface area (Å²) >= 11 is 0. The summed E-state index contributed by atoms with van der Waals surface area (Å²) in [6, 6.07) is 0.0433. The molecule has 0 aromatic carbocycles. The smallest absolute Gasteiger partial charge is 0.153 e. The Bertz CT molecular complexity index is 388. The number of sulfone groups is 1. The first kappa shape index (κ1) is 14.2. The Morgan fingerprint density at radius 2 is 2.11 bits per heavy atom. The van der Waals surface area contributed by atoms with Crippen LogP contribution in [0.3, 0.4) is 0 Å². The summed E-state index contributed by atoms with van der Waals surface area (Å²) in [4.78, 5) is 2.20. The predicted molar refractivity (Wildman–Crippen MR) is 71.3 cm³/mol. The number of nitrogens with zero attached hydrogens (tertiary/aromatic N) is 1. The zero-order valence-corrected chi connectivity index (χ0v) is 12.0. The number of aliphatic hydroxyl groups is 1. The van der Waals surface area contributed by atoms with E-state index < -0.39 is 9.84 Å². The molecule has 2 fully saturated rings. The van der Waals surface area contributed by atoms with Gasteiger partial charge in [0.05, 0.1) is 23.7 Å². The third kappa shape index (κ3) is 2.87. The van der Waals surface area contributed by atoms with Crippen molar-refractivity contribution in [2.75, 3.05) is 38.2 Å². The second-order valence-electron chi connectivity index (χ2n) is 5.77. The molecule has 0 aromatic heterocycles. The first-order valence-electron chi connectivity index (χ1n) is 6.67. The molecule has 1 heterocycles. The topological polar surface area (TPSA) is 69.6 Å². The minimum Gasteiger partial charge on any atom is -0.394 e. The molecule has 2 N–H and O–H groups in total. The van der Waals surface area contributed by atoms with Crippen molar-refractivity contribution in [2.45, 2.75) is 31.3 Å². The lowest BCUT2D eigenvalue weighted by atomic mass is 9.93. The SMILES string of the molecule is CNC(CO)(CN1CCS(=O)(=O)CC1C)C1CC1. The number of hydrogen-bond acceptors (Lipinski definition) is 5. The van der Waals surface area contributed by atoms with Gasteiger partial charge in [-0.3, -0.25) is 4.90 Å². The van der Waals surface area contributed by atoms with Crippen LogP contribution >= 0.6 is 0 Å². The molecule has 0 spiro atoms. The molecule has 1 aliphatic carbocycles. The van der Waals surface area contributed by atoms with E-state index >= 15 is 0 Å². The Morgan fingerprint density at radius 3 is 2.56 bits per heavy atom. The lowest BCUT2D eigenvalue weighted by molar-refractivity contribution is 0.0839. The highest BCUT2D eigenvalue weighted by Crippen LogP contribution is 2.40. The Labute approximate surface area is 109 Å². The number of likely N-dealkylation sites (N-methyl/N-ethyl adjacent to an activating group) is 1. The maximum absolute atomic E-state index is 11.6. The molecular formula is C12H24N2O3S. The minimum atomic E-state index is -2.86. The largest absolute Gasteiger partial charge is 0.394 e. The van der Waals surface area contributed by atoms with E-state index in [1.165, 1.54) is 0 Å². The standard InChI is InChI=1S/C12H24N2O3S/c1-10-7-18(16,17)6-5-14(10)8-12(9-15,13-2)11-3-4-11/h10-11,13,15H,3-9H2,1-2H3. The molecule has 18 heavy (non-hydrogen) atoms. The fraction of sp³-hybridized carbons (Fsp3) is 1.00. The van der Waals surface area contributed by atoms with E-state index in [4.69, 9.17) is 0 Å². The van der Waals surface area contributed by atoms with Crippen LogP contribution in [-0.4, -0.2) is 68.3 Å². The zero-order chi connectivity index (χ0) is 13.4. The molecule has 1 saturated heterocycles. The number of aliphatic hydroxyl groups excluding tert-OH is 1. The van der Waals surface area contributed by atoms with Crippen molar-refractivity contribution in [1.29, 1.82) is 0 Å². The molecule has 0 radical (unpaired) electrons. The summed E-state index contributed by atoms with van der Waals surface area (Å²) in [6.07, 6.45) is 2.31. The van der Waals surface area contributed by atoms with Gasteiger partial charge in [0.25, 0.3) is 0 Å². The summed E-state index contributed by atoms with van der Waals surface area (Å²) < 4.78 is 23.1. The fourth-order valence-electron chi connectivity index (χ4n) is 2.94. The van der Waals surface area contributed by atoms with E-state index in [1.54, 1.807) is 0 Å². The highest BCUT2D eigenvalue weighted by atomic mass is 32.2. The minimum absolute atomic E-state index is 0.0433. The second kappa shape index (κ2) is 5.07. The Morgan fingerprint density at radius 1 is 1.44 bits per heavy atom. The summed E-state index contributed by atoms with van der Waals surface area (Å²) in [5.74, 6) is 1.01. The molecule has 2 unspecified atom stereocenters. The van der Waals surface area contributed by atoms with Crippen LogP contribution < -0.4 is 5.32 Å². The molecular weight excluding hydrogens is 252 g/mol. The summed E-state index contributed by atoms with van der Waals surface area (Å²) in [5.41, 5.74) is -0.255. The molecule has 0 amide bonds. The molecule has 1 saturated carbocycles. The van der Waals surface area contributed by atoms with E-state index in [9.17, 15) is 13.5 Å². The third-order valence-electron chi connectivity index (χ3n) is 4.43. The van der Waals surface area contributed by atoms with E-state index in [0.29, 0.717) is 12.5 Å². The Hall–Kier alpha value is -0.170. The van der Waals surface area contributed by atoms with Gasteiger partial charge in [0.1, 0.15) is 0 Å². The molecule has 0 bridgehead atoms. The first-order chi connectivity index (χ1) is 8.42. The van der Waals surface area contributed by atoms with E-state index in [0.717, 1.165) is 19.4 Å². The van der Waals surface area contributed by atoms with Crippen molar-refractivity contribution in [2.24, 2.45) is 5.92 Å². The zero-order valence-electron chi connectivity index (χ0n) is 11.2. The van der Waals surface area contributed by atoms with E-state index in [-0.39, 0.29) is 29.7 Å². The highest BCUT2D eigenvalue weighted by Gasteiger charge is 2.46. The Balaban J connectivity index is 2.04. The van der Waals surface area contributed by atoms with Gasteiger partial charge < -0.3 is 10.4 Å². The van der Waals surface area contributed by atoms with Gasteiger partial charge in [-0.1, -0.05) is 0 Å². The van der Waals surface area contributed by atoms with Gasteiger partial charge in [0.15, 0.2) is 9.84 Å². The molecule has 2 aliphatic rings. The lowest BCUT2D eigenvalue weighted by Crippen LogP contribution is -2.60. The number of hydrogen-bond donors (Lipinski definition) is 2. The number of rotatable bonds is 5. The highest BCUT2D eigenvalue weighted by molar-refractivity contribution is 7.91. The molecule has 106 valence electrons. The normalized spacial score (nSPS) is 32.1. The maximum Gasteiger partial charge on any atom is 0.153 e. The average molecular weight is 276 g/mol. The summed E-state index contributed by atoms with van der Waals surface area (Å²) in [6.45, 7) is 3.40. The van der Waals surface area contributed by atoms with Gasteiger partial charge >= 0.3 is 0 Å². The van der Waals surface area contributed by atoms with Crippen molar-refractivity contribution in [1.82, 2.24) is 10.2 Å². The van der Waals surface area contributed by atoms with Gasteiger partial charge in [0.2, 0.25) is 0 Å². The van der Waals surface area contributed by atoms with Crippen LogP contribution in [0.5, 0.6) is 0 Å². The van der Waals surface area contributed by atoms with Gasteiger partial charge in [-0.15, -0.1) is 0 Å². The van der Waals surface area contributed by atoms with Crippen molar-refractivity contribution < 1.29 is 13.5 Å². The van der Waals surface area contributed by atoms with Gasteiger partial charge in [0, 0.05) is 19.1 Å². The molecule has 6 heteroatoms. The van der Waals surface area contributed by atoms with Gasteiger partial charge in [-0.25, -0.2) is 8.42 Å². The van der Waals surface area contributed by atoms with Crippen LogP contribution in [0.4, 0.5) is 0 Å². The van der Waals surface area contributed by atoms with Crippen LogP contribution in [0.15, 0.2) is 0 Å². The maximum atomic E-state index is 11.6. The van der Waals surface area contributed by atoms with Crippen molar-refractivity contribution in [3.8, 4) is 0 Å². The number of nitrogens with one attached hydrogen (secondary N) is 1. The van der Waals surface area contributed by atoms with Gasteiger partial charge in [-0.2, -0.15) is 0 Å². The molecule has 2 atom stereocenters. The van der Waals surface area contributed by atoms with Gasteiger partial charge in [-0.05, 0) is 32.7 Å². The second-order valence-corrected chi connectivity index (χ2v) is 8.00. The predicted octanol–water partition coefficient (Wildman–Crippen LogP) is -0.534. The van der Waals surface area contributed by atoms with Crippen LogP contribution in [0.25, 0.3) is 0 Å². The quantitative estimate of drug-likeness (QED) is 0.706. The summed E-state index contributed by atoms with van der Waals surface area (Å²) in [5, 5.41) is 13.0. The molecule has 0 aromatic rings. The van der Waals surface area contributed by atoms with Crippen LogP contribution in [0.2, 0.25) is 0 Å². The average Bonchev–Trinajstić information content (AvgIpc) is 3.12. The molecule has 5 nitrogen and oxygen atoms in total. The van der Waals surface area contributed by atoms with E-state index in [1.807, 2.05) is 14.0 Å². The first-order valence-corrected chi connectivity index (χ1v) is 8.49. The monoisotopic (exact) mass is 276 g/mol. The Kier molecular flexibility index (Phi) is 4.02. The molecule has 2 rings (SSSR count). The lowest BCUT2D eigenvalue weighted by Gasteiger charge is -2.41. The van der Waals surface area contributed by atoms with Crippen LogP contribution in [0.1, 0.15) is 19.8 Å². The van der Waals surface area contributed by atoms with Crippen molar-refractivity contribution >= 4 is 9.84 Å². The summed E-state index contributed by atoms with van der Waals surface area (Å²) in [7, 11) is -0.974. The van der Waals surface area contributed by atoms with Crippen LogP contribution in [-0.2, 0) is 9.84 Å². The van der Waals surface area contributed by atoms with E-state index in [2.05, 4.69) is 10.2 Å². The fourth-order valence-corrected chi connectivity index (χ4v) is 4.56. The molecule has 1 aliphatic heterocycles. The van der Waals surface area contributed by atoms with Crippen molar-refractivity contribution in [3.63, 3.8) is 0 Å². The van der Waals surface area contributed by atoms with Crippen molar-refractivity contribution in [3.05, 3.63) is 0 Å². The van der Waals surface area contributed by atoms with Crippen LogP contribution in [0, 0.1) is 5.92 Å².